The van der Waals surface area contributed by atoms with Crippen LogP contribution in [-0.4, -0.2) is 29.4 Å². The highest BCUT2D eigenvalue weighted by atomic mass is 16.2. The minimum atomic E-state index is -0.173. The van der Waals surface area contributed by atoms with Crippen LogP contribution in [0.4, 0.5) is 0 Å². The van der Waals surface area contributed by atoms with Gasteiger partial charge in [0.05, 0.1) is 0 Å². The summed E-state index contributed by atoms with van der Waals surface area (Å²) in [7, 11) is 0. The summed E-state index contributed by atoms with van der Waals surface area (Å²) in [5.41, 5.74) is 0.993. The van der Waals surface area contributed by atoms with Crippen molar-refractivity contribution in [3.63, 3.8) is 0 Å². The van der Waals surface area contributed by atoms with Crippen molar-refractivity contribution in [2.75, 3.05) is 6.54 Å². The number of carbonyl (C=O) groups is 2. The molecule has 112 valence electrons. The van der Waals surface area contributed by atoms with Crippen molar-refractivity contribution in [1.82, 2.24) is 10.2 Å². The highest BCUT2D eigenvalue weighted by Gasteiger charge is 2.29. The molecule has 4 heteroatoms. The molecule has 1 N–H and O–H groups in total. The summed E-state index contributed by atoms with van der Waals surface area (Å²) < 4.78 is 0. The van der Waals surface area contributed by atoms with Crippen LogP contribution < -0.4 is 5.32 Å². The molecule has 0 aliphatic carbocycles. The van der Waals surface area contributed by atoms with Crippen LogP contribution in [0.15, 0.2) is 36.4 Å². The van der Waals surface area contributed by atoms with Gasteiger partial charge in [-0.25, -0.2) is 0 Å². The lowest BCUT2D eigenvalue weighted by Crippen LogP contribution is -2.47. The van der Waals surface area contributed by atoms with E-state index in [1.807, 2.05) is 50.3 Å². The molecule has 1 saturated heterocycles. The Morgan fingerprint density at radius 3 is 2.67 bits per heavy atom. The summed E-state index contributed by atoms with van der Waals surface area (Å²) in [6.07, 6.45) is 4.96. The van der Waals surface area contributed by atoms with Crippen molar-refractivity contribution in [3.05, 3.63) is 42.0 Å². The van der Waals surface area contributed by atoms with E-state index in [0.29, 0.717) is 6.54 Å². The van der Waals surface area contributed by atoms with Crippen LogP contribution in [0.25, 0.3) is 6.08 Å². The Morgan fingerprint density at radius 2 is 2.00 bits per heavy atom. The second-order valence-electron chi connectivity index (χ2n) is 5.60. The van der Waals surface area contributed by atoms with E-state index in [2.05, 4.69) is 5.32 Å². The molecule has 2 amide bonds. The first-order chi connectivity index (χ1) is 10.1. The number of hydrogen-bond acceptors (Lipinski definition) is 2. The molecule has 1 atom stereocenters. The average Bonchev–Trinajstić information content (AvgIpc) is 2.94. The molecule has 0 spiro atoms. The number of nitrogens with zero attached hydrogens (tertiary/aromatic N) is 1. The minimum absolute atomic E-state index is 0.00765. The summed E-state index contributed by atoms with van der Waals surface area (Å²) in [6.45, 7) is 4.40. The molecule has 0 radical (unpaired) electrons. The predicted molar refractivity (Wildman–Crippen MR) is 83.2 cm³/mol. The zero-order chi connectivity index (χ0) is 15.2. The van der Waals surface area contributed by atoms with Crippen molar-refractivity contribution in [1.29, 1.82) is 0 Å². The Bertz CT molecular complexity index is 523. The van der Waals surface area contributed by atoms with Gasteiger partial charge in [-0.3, -0.25) is 9.59 Å². The maximum atomic E-state index is 12.3. The summed E-state index contributed by atoms with van der Waals surface area (Å²) in [5.74, 6) is -0.125. The molecular weight excluding hydrogens is 264 g/mol. The van der Waals surface area contributed by atoms with Gasteiger partial charge in [0.2, 0.25) is 11.8 Å². The van der Waals surface area contributed by atoms with Gasteiger partial charge in [0.1, 0.15) is 6.17 Å². The topological polar surface area (TPSA) is 49.4 Å². The molecule has 2 rings (SSSR count). The smallest absolute Gasteiger partial charge is 0.248 e. The van der Waals surface area contributed by atoms with Gasteiger partial charge in [-0.1, -0.05) is 44.2 Å². The number of carbonyl (C=O) groups excluding carboxylic acids is 2. The third-order valence-electron chi connectivity index (χ3n) is 3.59. The maximum Gasteiger partial charge on any atom is 0.248 e. The Balaban J connectivity index is 1.97. The number of amides is 2. The summed E-state index contributed by atoms with van der Waals surface area (Å²) in [4.78, 5) is 25.8. The fourth-order valence-corrected chi connectivity index (χ4v) is 2.34. The molecule has 0 saturated carbocycles. The SMILES string of the molecule is CC(C)C(=O)N[C@H]1CCCN1C(=O)/C=C/c1ccccc1. The van der Waals surface area contributed by atoms with Crippen LogP contribution in [0.2, 0.25) is 0 Å². The van der Waals surface area contributed by atoms with Crippen molar-refractivity contribution >= 4 is 17.9 Å². The van der Waals surface area contributed by atoms with Crippen LogP contribution in [0.1, 0.15) is 32.3 Å². The fourth-order valence-electron chi connectivity index (χ4n) is 2.34. The Hall–Kier alpha value is -2.10. The van der Waals surface area contributed by atoms with Gasteiger partial charge >= 0.3 is 0 Å². The van der Waals surface area contributed by atoms with Gasteiger partial charge in [-0.05, 0) is 24.5 Å². The number of rotatable bonds is 4. The predicted octanol–water partition coefficient (Wildman–Crippen LogP) is 2.42. The van der Waals surface area contributed by atoms with Crippen LogP contribution in [0.5, 0.6) is 0 Å². The second kappa shape index (κ2) is 7.07. The first kappa shape index (κ1) is 15.3. The highest BCUT2D eigenvalue weighted by Crippen LogP contribution is 2.16. The molecule has 0 aromatic heterocycles. The Kier molecular flexibility index (Phi) is 5.14. The third kappa shape index (κ3) is 4.18. The van der Waals surface area contributed by atoms with E-state index in [9.17, 15) is 9.59 Å². The first-order valence-corrected chi connectivity index (χ1v) is 7.42. The molecule has 1 aromatic rings. The van der Waals surface area contributed by atoms with Crippen LogP contribution in [0.3, 0.4) is 0 Å². The van der Waals surface area contributed by atoms with Gasteiger partial charge in [-0.15, -0.1) is 0 Å². The molecule has 1 fully saturated rings. The highest BCUT2D eigenvalue weighted by molar-refractivity contribution is 5.92. The lowest BCUT2D eigenvalue weighted by molar-refractivity contribution is -0.130. The van der Waals surface area contributed by atoms with Crippen LogP contribution in [0, 0.1) is 5.92 Å². The summed E-state index contributed by atoms with van der Waals surface area (Å²) in [5, 5.41) is 2.94. The van der Waals surface area contributed by atoms with Crippen LogP contribution >= 0.6 is 0 Å². The fraction of sp³-hybridized carbons (Fsp3) is 0.412. The van der Waals surface area contributed by atoms with E-state index in [1.54, 1.807) is 11.0 Å². The third-order valence-corrected chi connectivity index (χ3v) is 3.59. The lowest BCUT2D eigenvalue weighted by Gasteiger charge is -2.25. The number of nitrogens with one attached hydrogen (secondary N) is 1. The van der Waals surface area contributed by atoms with Crippen molar-refractivity contribution in [3.8, 4) is 0 Å². The second-order valence-corrected chi connectivity index (χ2v) is 5.60. The molecule has 21 heavy (non-hydrogen) atoms. The number of likely N-dealkylation sites (tertiary alicyclic amines) is 1. The largest absolute Gasteiger partial charge is 0.336 e. The zero-order valence-corrected chi connectivity index (χ0v) is 12.6. The van der Waals surface area contributed by atoms with Gasteiger partial charge < -0.3 is 10.2 Å². The lowest BCUT2D eigenvalue weighted by atomic mass is 10.2. The monoisotopic (exact) mass is 286 g/mol. The minimum Gasteiger partial charge on any atom is -0.336 e. The van der Waals surface area contributed by atoms with Crippen LogP contribution in [-0.2, 0) is 9.59 Å². The normalized spacial score (nSPS) is 18.4. The van der Waals surface area contributed by atoms with Gasteiger partial charge in [-0.2, -0.15) is 0 Å². The molecule has 1 heterocycles. The van der Waals surface area contributed by atoms with E-state index >= 15 is 0 Å². The molecular formula is C17H22N2O2. The summed E-state index contributed by atoms with van der Waals surface area (Å²) in [6, 6.07) is 9.71. The zero-order valence-electron chi connectivity index (χ0n) is 12.6. The quantitative estimate of drug-likeness (QED) is 0.864. The van der Waals surface area contributed by atoms with E-state index in [-0.39, 0.29) is 23.9 Å². The maximum absolute atomic E-state index is 12.3. The average molecular weight is 286 g/mol. The van der Waals surface area contributed by atoms with Gasteiger partial charge in [0, 0.05) is 18.5 Å². The van der Waals surface area contributed by atoms with Gasteiger partial charge in [0.25, 0.3) is 0 Å². The van der Waals surface area contributed by atoms with Crippen molar-refractivity contribution < 1.29 is 9.59 Å². The molecule has 4 nitrogen and oxygen atoms in total. The van der Waals surface area contributed by atoms with Crippen molar-refractivity contribution in [2.45, 2.75) is 32.9 Å². The van der Waals surface area contributed by atoms with E-state index in [4.69, 9.17) is 0 Å². The van der Waals surface area contributed by atoms with E-state index < -0.39 is 0 Å². The first-order valence-electron chi connectivity index (χ1n) is 7.42. The standard InChI is InChI=1S/C17H22N2O2/c1-13(2)17(21)18-15-9-6-12-19(15)16(20)11-10-14-7-4-3-5-8-14/h3-5,7-8,10-11,13,15H,6,9,12H2,1-2H3,(H,18,21)/b11-10+/t15-/m1/s1. The van der Waals surface area contributed by atoms with E-state index in [1.165, 1.54) is 0 Å². The Labute approximate surface area is 125 Å². The number of hydrogen-bond donors (Lipinski definition) is 1. The molecule has 1 aliphatic rings. The molecule has 1 aromatic carbocycles. The number of benzene rings is 1. The Morgan fingerprint density at radius 1 is 1.29 bits per heavy atom. The molecule has 0 unspecified atom stereocenters. The van der Waals surface area contributed by atoms with Gasteiger partial charge in [0.15, 0.2) is 0 Å². The van der Waals surface area contributed by atoms with Crippen molar-refractivity contribution in [2.24, 2.45) is 5.92 Å². The summed E-state index contributed by atoms with van der Waals surface area (Å²) >= 11 is 0. The van der Waals surface area contributed by atoms with E-state index in [0.717, 1.165) is 18.4 Å². The molecule has 1 aliphatic heterocycles. The molecule has 0 bridgehead atoms.